The summed E-state index contributed by atoms with van der Waals surface area (Å²) in [5.74, 6) is 0.862. The van der Waals surface area contributed by atoms with E-state index in [1.165, 1.54) is 12.8 Å². The van der Waals surface area contributed by atoms with Crippen LogP contribution in [0.15, 0.2) is 30.5 Å². The van der Waals surface area contributed by atoms with Gasteiger partial charge in [0.2, 0.25) is 5.91 Å². The van der Waals surface area contributed by atoms with Crippen molar-refractivity contribution in [3.8, 4) is 0 Å². The highest BCUT2D eigenvalue weighted by Gasteiger charge is 2.26. The monoisotopic (exact) mass is 288 g/mol. The summed E-state index contributed by atoms with van der Waals surface area (Å²) in [5.41, 5.74) is 1.99. The van der Waals surface area contributed by atoms with Gasteiger partial charge in [-0.25, -0.2) is 0 Å². The Morgan fingerprint density at radius 2 is 2.38 bits per heavy atom. The highest BCUT2D eigenvalue weighted by molar-refractivity contribution is 5.93. The summed E-state index contributed by atoms with van der Waals surface area (Å²) in [6, 6.07) is 1.93. The number of carbonyl (C=O) groups is 1. The van der Waals surface area contributed by atoms with Gasteiger partial charge in [0.25, 0.3) is 0 Å². The van der Waals surface area contributed by atoms with E-state index in [9.17, 15) is 4.79 Å². The average Bonchev–Trinajstić information content (AvgIpc) is 3.23. The van der Waals surface area contributed by atoms with E-state index in [-0.39, 0.29) is 11.8 Å². The lowest BCUT2D eigenvalue weighted by molar-refractivity contribution is -0.118. The molecular weight excluding hydrogens is 264 g/mol. The first-order valence-corrected chi connectivity index (χ1v) is 7.58. The molecule has 1 saturated carbocycles. The highest BCUT2D eigenvalue weighted by atomic mass is 16.2. The molecule has 1 unspecified atom stereocenters. The molecule has 0 bridgehead atoms. The third kappa shape index (κ3) is 4.21. The molecule has 0 aromatic carbocycles. The van der Waals surface area contributed by atoms with Crippen LogP contribution in [0.2, 0.25) is 0 Å². The van der Waals surface area contributed by atoms with Crippen LogP contribution in [0.3, 0.4) is 0 Å². The normalized spacial score (nSPS) is 16.4. The van der Waals surface area contributed by atoms with Gasteiger partial charge in [-0.15, -0.1) is 0 Å². The van der Waals surface area contributed by atoms with E-state index in [0.717, 1.165) is 24.4 Å². The second-order valence-corrected chi connectivity index (χ2v) is 5.48. The molecule has 1 aromatic rings. The number of anilines is 1. The minimum atomic E-state index is -0.268. The molecule has 1 atom stereocenters. The third-order valence-electron chi connectivity index (χ3n) is 3.60. The zero-order valence-electron chi connectivity index (χ0n) is 12.8. The van der Waals surface area contributed by atoms with Crippen LogP contribution in [0.5, 0.6) is 0 Å². The van der Waals surface area contributed by atoms with Crippen molar-refractivity contribution in [1.29, 1.82) is 0 Å². The number of hydrogen-bond acceptors (Lipinski definition) is 3. The van der Waals surface area contributed by atoms with Gasteiger partial charge in [0.15, 0.2) is 5.82 Å². The van der Waals surface area contributed by atoms with Gasteiger partial charge in [0, 0.05) is 29.9 Å². The Bertz CT molecular complexity index is 528. The van der Waals surface area contributed by atoms with Gasteiger partial charge >= 0.3 is 0 Å². The van der Waals surface area contributed by atoms with Crippen LogP contribution in [0, 0.1) is 5.92 Å². The molecule has 5 nitrogen and oxygen atoms in total. The van der Waals surface area contributed by atoms with Gasteiger partial charge in [-0.05, 0) is 32.3 Å². The Hall–Kier alpha value is -2.04. The third-order valence-corrected chi connectivity index (χ3v) is 3.60. The Labute approximate surface area is 125 Å². The van der Waals surface area contributed by atoms with E-state index in [1.54, 1.807) is 6.08 Å². The van der Waals surface area contributed by atoms with Crippen molar-refractivity contribution in [3.63, 3.8) is 0 Å². The summed E-state index contributed by atoms with van der Waals surface area (Å²) in [6.45, 7) is 8.50. The number of amides is 1. The zero-order valence-corrected chi connectivity index (χ0v) is 12.8. The molecule has 1 amide bonds. The molecule has 1 aliphatic carbocycles. The molecule has 2 rings (SSSR count). The SMILES string of the molecule is C=C/C=C(\NCCC)C(C)C(=O)Nc1cc(C2CC2)[nH]n1. The highest BCUT2D eigenvalue weighted by Crippen LogP contribution is 2.39. The van der Waals surface area contributed by atoms with E-state index in [0.29, 0.717) is 11.7 Å². The van der Waals surface area contributed by atoms with E-state index in [1.807, 2.05) is 19.1 Å². The quantitative estimate of drug-likeness (QED) is 0.644. The molecule has 1 aromatic heterocycles. The Morgan fingerprint density at radius 3 is 3.00 bits per heavy atom. The summed E-state index contributed by atoms with van der Waals surface area (Å²) in [5, 5.41) is 13.3. The van der Waals surface area contributed by atoms with Crippen LogP contribution >= 0.6 is 0 Å². The van der Waals surface area contributed by atoms with Gasteiger partial charge in [-0.3, -0.25) is 9.89 Å². The maximum atomic E-state index is 12.3. The molecular formula is C16H24N4O. The lowest BCUT2D eigenvalue weighted by atomic mass is 10.1. The summed E-state index contributed by atoms with van der Waals surface area (Å²) < 4.78 is 0. The number of carbonyl (C=O) groups excluding carboxylic acids is 1. The molecule has 1 heterocycles. The van der Waals surface area contributed by atoms with Crippen LogP contribution in [0.1, 0.15) is 44.7 Å². The number of allylic oxidation sites excluding steroid dienone is 2. The lowest BCUT2D eigenvalue weighted by Crippen LogP contribution is -2.29. The summed E-state index contributed by atoms with van der Waals surface area (Å²) in [6.07, 6.45) is 6.97. The van der Waals surface area contributed by atoms with Crippen molar-refractivity contribution in [2.75, 3.05) is 11.9 Å². The van der Waals surface area contributed by atoms with Crippen LogP contribution < -0.4 is 10.6 Å². The summed E-state index contributed by atoms with van der Waals surface area (Å²) >= 11 is 0. The largest absolute Gasteiger partial charge is 0.388 e. The molecule has 3 N–H and O–H groups in total. The smallest absolute Gasteiger partial charge is 0.234 e. The number of hydrogen-bond donors (Lipinski definition) is 3. The van der Waals surface area contributed by atoms with Crippen LogP contribution in [-0.2, 0) is 4.79 Å². The lowest BCUT2D eigenvalue weighted by Gasteiger charge is -2.16. The fourth-order valence-corrected chi connectivity index (χ4v) is 2.13. The number of rotatable bonds is 8. The molecule has 0 aliphatic heterocycles. The fourth-order valence-electron chi connectivity index (χ4n) is 2.13. The number of nitrogens with zero attached hydrogens (tertiary/aromatic N) is 1. The average molecular weight is 288 g/mol. The second kappa shape index (κ2) is 7.11. The maximum absolute atomic E-state index is 12.3. The molecule has 5 heteroatoms. The number of nitrogens with one attached hydrogen (secondary N) is 3. The van der Waals surface area contributed by atoms with Crippen molar-refractivity contribution in [1.82, 2.24) is 15.5 Å². The number of H-pyrrole nitrogens is 1. The zero-order chi connectivity index (χ0) is 15.2. The van der Waals surface area contributed by atoms with Crippen molar-refractivity contribution < 1.29 is 4.79 Å². The molecule has 114 valence electrons. The molecule has 21 heavy (non-hydrogen) atoms. The van der Waals surface area contributed by atoms with Crippen molar-refractivity contribution >= 4 is 11.7 Å². The van der Waals surface area contributed by atoms with E-state index < -0.39 is 0 Å². The van der Waals surface area contributed by atoms with Crippen molar-refractivity contribution in [3.05, 3.63) is 36.2 Å². The fraction of sp³-hybridized carbons (Fsp3) is 0.500. The Balaban J connectivity index is 1.95. The molecule has 1 aliphatic rings. The Morgan fingerprint density at radius 1 is 1.62 bits per heavy atom. The molecule has 0 spiro atoms. The molecule has 0 radical (unpaired) electrons. The van der Waals surface area contributed by atoms with Gasteiger partial charge < -0.3 is 10.6 Å². The summed E-state index contributed by atoms with van der Waals surface area (Å²) in [4.78, 5) is 12.3. The van der Waals surface area contributed by atoms with E-state index in [4.69, 9.17) is 0 Å². The van der Waals surface area contributed by atoms with Crippen molar-refractivity contribution in [2.24, 2.45) is 5.92 Å². The van der Waals surface area contributed by atoms with E-state index >= 15 is 0 Å². The van der Waals surface area contributed by atoms with Gasteiger partial charge in [0.05, 0.1) is 5.92 Å². The summed E-state index contributed by atoms with van der Waals surface area (Å²) in [7, 11) is 0. The topological polar surface area (TPSA) is 69.8 Å². The van der Waals surface area contributed by atoms with Gasteiger partial charge in [-0.1, -0.05) is 19.6 Å². The van der Waals surface area contributed by atoms with Crippen LogP contribution in [0.4, 0.5) is 5.82 Å². The Kier molecular flexibility index (Phi) is 5.20. The first-order chi connectivity index (χ1) is 10.2. The first-order valence-electron chi connectivity index (χ1n) is 7.58. The minimum Gasteiger partial charge on any atom is -0.388 e. The standard InChI is InChI=1S/C16H24N4O/c1-4-6-13(17-9-5-2)11(3)16(21)18-15-10-14(19-20-15)12-7-8-12/h4,6,10-12,17H,1,5,7-9H2,2-3H3,(H2,18,19,20,21)/b13-6-. The van der Waals surface area contributed by atoms with Gasteiger partial charge in [0.1, 0.15) is 0 Å². The van der Waals surface area contributed by atoms with Crippen LogP contribution in [-0.4, -0.2) is 22.6 Å². The minimum absolute atomic E-state index is 0.0689. The van der Waals surface area contributed by atoms with Gasteiger partial charge in [-0.2, -0.15) is 5.10 Å². The second-order valence-electron chi connectivity index (χ2n) is 5.48. The van der Waals surface area contributed by atoms with Crippen LogP contribution in [0.25, 0.3) is 0 Å². The predicted molar refractivity (Wildman–Crippen MR) is 84.9 cm³/mol. The number of aromatic nitrogens is 2. The molecule has 1 fully saturated rings. The predicted octanol–water partition coefficient (Wildman–Crippen LogP) is 2.93. The number of aromatic amines is 1. The maximum Gasteiger partial charge on any atom is 0.234 e. The first kappa shape index (κ1) is 15.4. The molecule has 0 saturated heterocycles. The van der Waals surface area contributed by atoms with E-state index in [2.05, 4.69) is 34.3 Å². The van der Waals surface area contributed by atoms with Crippen molar-refractivity contribution in [2.45, 2.75) is 39.0 Å².